The molecule has 2 aromatic rings. The molecule has 2 aliphatic rings. The first-order valence-corrected chi connectivity index (χ1v) is 10.3. The third kappa shape index (κ3) is 4.13. The second-order valence-corrected chi connectivity index (χ2v) is 7.64. The van der Waals surface area contributed by atoms with Crippen molar-refractivity contribution in [3.8, 4) is 0 Å². The van der Waals surface area contributed by atoms with Gasteiger partial charge in [-0.05, 0) is 19.8 Å². The molecular weight excluding hydrogens is 376 g/mol. The van der Waals surface area contributed by atoms with E-state index in [2.05, 4.69) is 15.2 Å². The molecule has 10 heteroatoms. The van der Waals surface area contributed by atoms with Crippen molar-refractivity contribution in [3.63, 3.8) is 0 Å². The zero-order valence-electron chi connectivity index (χ0n) is 17.0. The van der Waals surface area contributed by atoms with Crippen LogP contribution in [0.4, 0.5) is 0 Å². The van der Waals surface area contributed by atoms with Crippen molar-refractivity contribution in [2.45, 2.75) is 38.8 Å². The van der Waals surface area contributed by atoms with Gasteiger partial charge >= 0.3 is 5.69 Å². The predicted octanol–water partition coefficient (Wildman–Crippen LogP) is 0.442. The first-order valence-electron chi connectivity index (χ1n) is 10.3. The van der Waals surface area contributed by atoms with Crippen molar-refractivity contribution in [2.24, 2.45) is 7.05 Å². The lowest BCUT2D eigenvalue weighted by Crippen LogP contribution is -2.38. The van der Waals surface area contributed by atoms with Crippen LogP contribution in [0.15, 0.2) is 15.4 Å². The smallest absolute Gasteiger partial charge is 0.345 e. The second kappa shape index (κ2) is 8.50. The van der Waals surface area contributed by atoms with Crippen LogP contribution in [0, 0.1) is 0 Å². The van der Waals surface area contributed by atoms with E-state index in [1.54, 1.807) is 17.7 Å². The molecule has 158 valence electrons. The molecule has 0 unspecified atom stereocenters. The second-order valence-electron chi connectivity index (χ2n) is 7.64. The van der Waals surface area contributed by atoms with Crippen LogP contribution >= 0.6 is 0 Å². The van der Waals surface area contributed by atoms with Crippen molar-refractivity contribution in [2.75, 3.05) is 39.4 Å². The molecule has 0 aliphatic carbocycles. The van der Waals surface area contributed by atoms with Crippen molar-refractivity contribution >= 4 is 5.91 Å². The van der Waals surface area contributed by atoms with Crippen molar-refractivity contribution in [3.05, 3.63) is 33.8 Å². The maximum Gasteiger partial charge on any atom is 0.345 e. The van der Waals surface area contributed by atoms with Crippen molar-refractivity contribution in [1.29, 1.82) is 0 Å². The van der Waals surface area contributed by atoms with Crippen LogP contribution in [-0.4, -0.2) is 74.6 Å². The highest BCUT2D eigenvalue weighted by molar-refractivity contribution is 5.92. The highest BCUT2D eigenvalue weighted by atomic mass is 16.5. The van der Waals surface area contributed by atoms with Crippen LogP contribution in [-0.2, 0) is 24.9 Å². The normalized spacial score (nSPS) is 19.0. The highest BCUT2D eigenvalue weighted by Crippen LogP contribution is 2.27. The summed E-state index contributed by atoms with van der Waals surface area (Å²) in [4.78, 5) is 29.0. The predicted molar refractivity (Wildman–Crippen MR) is 104 cm³/mol. The van der Waals surface area contributed by atoms with E-state index in [-0.39, 0.29) is 17.5 Å². The number of nitrogens with zero attached hydrogens (tertiary/aromatic N) is 6. The molecular formula is C19H28N6O4. The largest absolute Gasteiger partial charge is 0.379 e. The summed E-state index contributed by atoms with van der Waals surface area (Å²) in [5, 5.41) is 8.41. The quantitative estimate of drug-likeness (QED) is 0.713. The summed E-state index contributed by atoms with van der Waals surface area (Å²) in [6, 6.07) is 1.75. The third-order valence-corrected chi connectivity index (χ3v) is 5.76. The summed E-state index contributed by atoms with van der Waals surface area (Å²) >= 11 is 0. The summed E-state index contributed by atoms with van der Waals surface area (Å²) in [7, 11) is 1.68. The summed E-state index contributed by atoms with van der Waals surface area (Å²) < 4.78 is 13.8. The Balaban J connectivity index is 1.36. The Labute approximate surface area is 169 Å². The van der Waals surface area contributed by atoms with E-state index < -0.39 is 0 Å². The van der Waals surface area contributed by atoms with Gasteiger partial charge in [0.15, 0.2) is 11.5 Å². The molecule has 4 heterocycles. The van der Waals surface area contributed by atoms with Gasteiger partial charge in [0.25, 0.3) is 5.91 Å². The molecule has 0 bridgehead atoms. The molecule has 0 atom stereocenters. The molecule has 2 aromatic heterocycles. The van der Waals surface area contributed by atoms with Crippen LogP contribution in [0.1, 0.15) is 47.8 Å². The number of hydrogen-bond acceptors (Lipinski definition) is 7. The number of aromatic nitrogens is 4. The van der Waals surface area contributed by atoms with E-state index in [9.17, 15) is 9.59 Å². The highest BCUT2D eigenvalue weighted by Gasteiger charge is 2.29. The summed E-state index contributed by atoms with van der Waals surface area (Å²) in [5.41, 5.74) is 0.270. The van der Waals surface area contributed by atoms with E-state index in [1.807, 2.05) is 11.8 Å². The van der Waals surface area contributed by atoms with Gasteiger partial charge < -0.3 is 14.2 Å². The number of aryl methyl sites for hydroxylation is 1. The van der Waals surface area contributed by atoms with Gasteiger partial charge in [-0.15, -0.1) is 0 Å². The minimum absolute atomic E-state index is 0.0867. The molecule has 0 spiro atoms. The Hall–Kier alpha value is -2.46. The Morgan fingerprint density at radius 1 is 1.21 bits per heavy atom. The number of amides is 1. The maximum atomic E-state index is 12.8. The lowest BCUT2D eigenvalue weighted by molar-refractivity contribution is 0.0305. The van der Waals surface area contributed by atoms with E-state index in [1.165, 1.54) is 4.68 Å². The fourth-order valence-electron chi connectivity index (χ4n) is 4.09. The maximum absolute atomic E-state index is 12.8. The number of likely N-dealkylation sites (tertiary alicyclic amines) is 1. The number of hydrogen-bond donors (Lipinski definition) is 0. The molecule has 0 N–H and O–H groups in total. The van der Waals surface area contributed by atoms with E-state index in [0.717, 1.165) is 45.0 Å². The molecule has 2 fully saturated rings. The number of carbonyl (C=O) groups excluding carboxylic acids is 1. The molecule has 0 radical (unpaired) electrons. The number of carbonyl (C=O) groups is 1. The van der Waals surface area contributed by atoms with Gasteiger partial charge in [0.1, 0.15) is 5.82 Å². The zero-order valence-corrected chi connectivity index (χ0v) is 17.0. The number of morpholine rings is 1. The average molecular weight is 404 g/mol. The van der Waals surface area contributed by atoms with E-state index >= 15 is 0 Å². The fraction of sp³-hybridized carbons (Fsp3) is 0.684. The van der Waals surface area contributed by atoms with Gasteiger partial charge in [0, 0.05) is 51.8 Å². The first-order chi connectivity index (χ1) is 14.1. The van der Waals surface area contributed by atoms with Gasteiger partial charge in [-0.1, -0.05) is 5.16 Å². The molecule has 2 saturated heterocycles. The number of rotatable bonds is 5. The van der Waals surface area contributed by atoms with Crippen LogP contribution < -0.4 is 5.69 Å². The molecule has 10 nitrogen and oxygen atoms in total. The van der Waals surface area contributed by atoms with Gasteiger partial charge in [-0.2, -0.15) is 5.10 Å². The number of ether oxygens (including phenoxy) is 1. The minimum atomic E-state index is -0.102. The van der Waals surface area contributed by atoms with Gasteiger partial charge in [-0.3, -0.25) is 14.3 Å². The Kier molecular flexibility index (Phi) is 5.81. The monoisotopic (exact) mass is 404 g/mol. The Morgan fingerprint density at radius 2 is 1.93 bits per heavy atom. The zero-order chi connectivity index (χ0) is 20.4. The fourth-order valence-corrected chi connectivity index (χ4v) is 4.09. The van der Waals surface area contributed by atoms with E-state index in [0.29, 0.717) is 37.6 Å². The molecule has 1 amide bonds. The summed E-state index contributed by atoms with van der Waals surface area (Å²) in [6.07, 6.45) is 1.56. The first kappa shape index (κ1) is 19.8. The molecule has 0 aromatic carbocycles. The lowest BCUT2D eigenvalue weighted by atomic mass is 9.95. The van der Waals surface area contributed by atoms with Crippen LogP contribution in [0.3, 0.4) is 0 Å². The Morgan fingerprint density at radius 3 is 2.62 bits per heavy atom. The van der Waals surface area contributed by atoms with Gasteiger partial charge in [-0.25, -0.2) is 9.48 Å². The van der Waals surface area contributed by atoms with Crippen molar-refractivity contribution < 1.29 is 14.1 Å². The average Bonchev–Trinajstić information content (AvgIpc) is 3.33. The summed E-state index contributed by atoms with van der Waals surface area (Å²) in [5.74, 6) is 1.60. The molecule has 2 aliphatic heterocycles. The third-order valence-electron chi connectivity index (χ3n) is 5.76. The Bertz CT molecular complexity index is 902. The van der Waals surface area contributed by atoms with Gasteiger partial charge in [0.05, 0.1) is 19.8 Å². The molecule has 0 saturated carbocycles. The van der Waals surface area contributed by atoms with Crippen LogP contribution in [0.2, 0.25) is 0 Å². The van der Waals surface area contributed by atoms with Crippen LogP contribution in [0.5, 0.6) is 0 Å². The van der Waals surface area contributed by atoms with Crippen molar-refractivity contribution in [1.82, 2.24) is 29.3 Å². The summed E-state index contributed by atoms with van der Waals surface area (Å²) in [6.45, 7) is 7.57. The van der Waals surface area contributed by atoms with Crippen LogP contribution in [0.25, 0.3) is 0 Å². The number of piperidine rings is 1. The topological polar surface area (TPSA) is 98.6 Å². The minimum Gasteiger partial charge on any atom is -0.379 e. The molecule has 29 heavy (non-hydrogen) atoms. The SMILES string of the molecule is CCn1c(C2CCN(C(=O)c3cc(CN4CCOCC4)on3)CC2)nn(C)c1=O. The van der Waals surface area contributed by atoms with Gasteiger partial charge in [0.2, 0.25) is 0 Å². The molecule has 4 rings (SSSR count). The van der Waals surface area contributed by atoms with E-state index in [4.69, 9.17) is 9.26 Å². The lowest BCUT2D eigenvalue weighted by Gasteiger charge is -2.31. The standard InChI is InChI=1S/C19H28N6O4/c1-3-25-17(20-22(2)19(25)27)14-4-6-24(7-5-14)18(26)16-12-15(29-21-16)13-23-8-10-28-11-9-23/h12,14H,3-11,13H2,1-2H3.